The van der Waals surface area contributed by atoms with Gasteiger partial charge >= 0.3 is 5.37 Å². The molecule has 80 valence electrons. The second-order valence-electron chi connectivity index (χ2n) is 3.90. The second kappa shape index (κ2) is 5.21. The molecule has 0 bridgehead atoms. The topological polar surface area (TPSA) is 20.3 Å². The maximum Gasteiger partial charge on any atom is 0.316 e. The lowest BCUT2D eigenvalue weighted by molar-refractivity contribution is 0.154. The van der Waals surface area contributed by atoms with E-state index in [0.717, 1.165) is 0 Å². The van der Waals surface area contributed by atoms with Crippen LogP contribution in [0, 0.1) is 0 Å². The lowest BCUT2D eigenvalue weighted by Crippen LogP contribution is -2.60. The van der Waals surface area contributed by atoms with Crippen molar-refractivity contribution >= 4 is 56.8 Å². The fourth-order valence-corrected chi connectivity index (χ4v) is 3.34. The van der Waals surface area contributed by atoms with Crippen LogP contribution in [0.1, 0.15) is 27.7 Å². The second-order valence-corrected chi connectivity index (χ2v) is 8.18. The van der Waals surface area contributed by atoms with Crippen LogP contribution in [0.5, 0.6) is 0 Å². The van der Waals surface area contributed by atoms with Gasteiger partial charge < -0.3 is 4.90 Å². The molecule has 0 unspecified atom stereocenters. The third kappa shape index (κ3) is 3.41. The molecule has 0 heterocycles. The van der Waals surface area contributed by atoms with Gasteiger partial charge in [-0.15, -0.1) is 0 Å². The molecule has 0 aromatic heterocycles. The van der Waals surface area contributed by atoms with Gasteiger partial charge in [-0.3, -0.25) is 4.79 Å². The molecule has 0 rings (SSSR count). The summed E-state index contributed by atoms with van der Waals surface area (Å²) in [6.07, 6.45) is 0. The molecule has 0 N–H and O–H groups in total. The Morgan fingerprint density at radius 2 is 1.36 bits per heavy atom. The van der Waals surface area contributed by atoms with Gasteiger partial charge in [0, 0.05) is 10.3 Å². The molecule has 0 fully saturated rings. The molecule has 0 aliphatic rings. The maximum absolute atomic E-state index is 11.3. The number of carbonyl (C=O) groups excluding carboxylic acids is 1. The summed E-state index contributed by atoms with van der Waals surface area (Å²) in [5.74, 6) is 0. The minimum atomic E-state index is -0.513. The average molecular weight is 289 g/mol. The van der Waals surface area contributed by atoms with Crippen molar-refractivity contribution in [2.45, 2.75) is 38.0 Å². The van der Waals surface area contributed by atoms with Crippen LogP contribution >= 0.6 is 33.8 Å². The predicted molar refractivity (Wildman–Crippen MR) is 64.5 cm³/mol. The van der Waals surface area contributed by atoms with Crippen molar-refractivity contribution in [1.82, 2.24) is 4.90 Å². The first-order chi connectivity index (χ1) is 6.19. The van der Waals surface area contributed by atoms with E-state index in [9.17, 15) is 4.79 Å². The van der Waals surface area contributed by atoms with Gasteiger partial charge in [-0.2, -0.15) is 22.2 Å². The molecule has 7 heteroatoms. The van der Waals surface area contributed by atoms with Gasteiger partial charge in [0.05, 0.1) is 0 Å². The third-order valence-electron chi connectivity index (χ3n) is 1.76. The molecule has 0 aromatic rings. The van der Waals surface area contributed by atoms with Crippen LogP contribution in [-0.4, -0.2) is 38.2 Å². The van der Waals surface area contributed by atoms with E-state index in [1.165, 1.54) is 0 Å². The summed E-state index contributed by atoms with van der Waals surface area (Å²) in [6.45, 7) is 7.49. The van der Waals surface area contributed by atoms with Crippen molar-refractivity contribution in [2.24, 2.45) is 0 Å². The highest BCUT2D eigenvalue weighted by atomic mass is 35.6. The van der Waals surface area contributed by atoms with Crippen molar-refractivity contribution < 1.29 is 4.79 Å². The summed E-state index contributed by atoms with van der Waals surface area (Å²) in [6, 6.07) is 0. The van der Waals surface area contributed by atoms with Crippen LogP contribution in [0.4, 0.5) is 4.79 Å². The van der Waals surface area contributed by atoms with E-state index in [1.54, 1.807) is 4.90 Å². The van der Waals surface area contributed by atoms with Gasteiger partial charge in [0.15, 0.2) is 0 Å². The fraction of sp³-hybridized carbons (Fsp3) is 0.857. The van der Waals surface area contributed by atoms with E-state index >= 15 is 0 Å². The zero-order chi connectivity index (χ0) is 11.6. The van der Waals surface area contributed by atoms with Gasteiger partial charge in [-0.25, -0.2) is 0 Å². The summed E-state index contributed by atoms with van der Waals surface area (Å²) in [5.41, 5.74) is 0. The predicted octanol–water partition coefficient (Wildman–Crippen LogP) is 2.84. The highest BCUT2D eigenvalue weighted by Gasteiger charge is 2.40. The van der Waals surface area contributed by atoms with Crippen LogP contribution in [0.15, 0.2) is 0 Å². The summed E-state index contributed by atoms with van der Waals surface area (Å²) >= 11 is 17.2. The van der Waals surface area contributed by atoms with E-state index in [1.807, 2.05) is 27.7 Å². The molecular formula is C7H12Cl3NOSi2. The number of nitrogens with zero attached hydrogens (tertiary/aromatic N) is 1. The van der Waals surface area contributed by atoms with Crippen LogP contribution in [0.3, 0.4) is 0 Å². The monoisotopic (exact) mass is 287 g/mol. The number of amides is 1. The molecule has 1 amide bonds. The smallest absolute Gasteiger partial charge is 0.316 e. The molecule has 0 saturated heterocycles. The molecular weight excluding hydrogens is 277 g/mol. The first-order valence-corrected chi connectivity index (χ1v) is 8.34. The molecule has 2 nitrogen and oxygen atoms in total. The number of hydrogen-bond donors (Lipinski definition) is 0. The van der Waals surface area contributed by atoms with E-state index in [2.05, 4.69) is 0 Å². The molecule has 0 aliphatic heterocycles. The largest absolute Gasteiger partial charge is 0.322 e. The molecule has 4 radical (unpaired) electrons. The first kappa shape index (κ1) is 14.8. The quantitative estimate of drug-likeness (QED) is 0.337. The lowest BCUT2D eigenvalue weighted by atomic mass is 10.2. The Kier molecular flexibility index (Phi) is 5.50. The van der Waals surface area contributed by atoms with Gasteiger partial charge in [0.25, 0.3) is 0 Å². The molecule has 0 aromatic carbocycles. The van der Waals surface area contributed by atoms with Crippen molar-refractivity contribution in [3.63, 3.8) is 0 Å². The Hall–Kier alpha value is 0.774. The molecule has 0 aliphatic carbocycles. The van der Waals surface area contributed by atoms with Gasteiger partial charge in [-0.05, 0) is 39.3 Å². The Morgan fingerprint density at radius 1 is 1.07 bits per heavy atom. The van der Waals surface area contributed by atoms with Crippen LogP contribution in [0.25, 0.3) is 0 Å². The summed E-state index contributed by atoms with van der Waals surface area (Å²) in [7, 11) is 0.146. The minimum Gasteiger partial charge on any atom is -0.322 e. The maximum atomic E-state index is 11.3. The zero-order valence-electron chi connectivity index (χ0n) is 8.49. The SMILES string of the molecule is CC(C)([Si]Cl)N(C(=O)Cl)C(C)(C)[Si]Cl. The summed E-state index contributed by atoms with van der Waals surface area (Å²) in [5, 5.41) is -1.45. The van der Waals surface area contributed by atoms with E-state index in [4.69, 9.17) is 33.8 Å². The van der Waals surface area contributed by atoms with Crippen molar-refractivity contribution in [2.75, 3.05) is 0 Å². The number of carbonyl (C=O) groups is 1. The molecule has 0 spiro atoms. The van der Waals surface area contributed by atoms with Crippen molar-refractivity contribution in [1.29, 1.82) is 0 Å². The van der Waals surface area contributed by atoms with Crippen LogP contribution in [-0.2, 0) is 0 Å². The minimum absolute atomic E-state index is 0.0728. The van der Waals surface area contributed by atoms with Crippen LogP contribution in [0.2, 0.25) is 0 Å². The summed E-state index contributed by atoms with van der Waals surface area (Å²) < 4.78 is 0. The highest BCUT2D eigenvalue weighted by molar-refractivity contribution is 6.97. The molecule has 0 saturated carbocycles. The Labute approximate surface area is 104 Å². The molecule has 0 atom stereocenters. The standard InChI is InChI=1S/C7H12Cl3NOSi2/c1-6(2,13-9)11(5(8)12)7(3,4)14-10/h1-4H3. The number of hydrogen-bond acceptors (Lipinski definition) is 1. The average Bonchev–Trinajstić information content (AvgIpc) is 2.02. The van der Waals surface area contributed by atoms with Gasteiger partial charge in [0.1, 0.15) is 0 Å². The Balaban J connectivity index is 5.06. The van der Waals surface area contributed by atoms with E-state index in [-0.39, 0.29) is 17.7 Å². The Bertz CT molecular complexity index is 207. The van der Waals surface area contributed by atoms with Gasteiger partial charge in [-0.1, -0.05) is 0 Å². The third-order valence-corrected chi connectivity index (χ3v) is 6.07. The van der Waals surface area contributed by atoms with Crippen LogP contribution < -0.4 is 0 Å². The van der Waals surface area contributed by atoms with E-state index < -0.39 is 15.7 Å². The molecule has 14 heavy (non-hydrogen) atoms. The van der Waals surface area contributed by atoms with E-state index in [0.29, 0.717) is 0 Å². The number of rotatable bonds is 4. The summed E-state index contributed by atoms with van der Waals surface area (Å²) in [4.78, 5) is 12.9. The first-order valence-electron chi connectivity index (χ1n) is 3.94. The zero-order valence-corrected chi connectivity index (χ0v) is 12.8. The van der Waals surface area contributed by atoms with Crippen molar-refractivity contribution in [3.05, 3.63) is 0 Å². The van der Waals surface area contributed by atoms with Gasteiger partial charge in [0.2, 0.25) is 17.7 Å². The normalized spacial score (nSPS) is 12.8. The fourth-order valence-electron chi connectivity index (χ4n) is 1.22. The highest BCUT2D eigenvalue weighted by Crippen LogP contribution is 2.27. The number of halogens is 3. The van der Waals surface area contributed by atoms with Crippen molar-refractivity contribution in [3.8, 4) is 0 Å². The lowest BCUT2D eigenvalue weighted by Gasteiger charge is -2.45. The Morgan fingerprint density at radius 3 is 1.50 bits per heavy atom.